The van der Waals surface area contributed by atoms with E-state index in [1.807, 2.05) is 13.8 Å². The van der Waals surface area contributed by atoms with Crippen molar-refractivity contribution in [1.82, 2.24) is 4.90 Å². The first-order chi connectivity index (χ1) is 14.5. The summed E-state index contributed by atoms with van der Waals surface area (Å²) in [5.74, 6) is -1.76. The normalized spacial score (nSPS) is 48.0. The molecule has 3 aliphatic rings. The van der Waals surface area contributed by atoms with Crippen molar-refractivity contribution in [2.45, 2.75) is 89.0 Å². The van der Waals surface area contributed by atoms with Crippen LogP contribution in [0.1, 0.15) is 53.9 Å². The molecule has 1 saturated heterocycles. The van der Waals surface area contributed by atoms with E-state index in [1.54, 1.807) is 32.8 Å². The van der Waals surface area contributed by atoms with Crippen molar-refractivity contribution in [3.05, 3.63) is 12.7 Å². The van der Waals surface area contributed by atoms with E-state index in [9.17, 15) is 24.9 Å². The van der Waals surface area contributed by atoms with E-state index in [-0.39, 0.29) is 13.0 Å². The highest BCUT2D eigenvalue weighted by Crippen LogP contribution is 2.67. The van der Waals surface area contributed by atoms with Crippen LogP contribution in [0.3, 0.4) is 0 Å². The van der Waals surface area contributed by atoms with Gasteiger partial charge in [0, 0.05) is 17.8 Å². The van der Waals surface area contributed by atoms with Crippen molar-refractivity contribution in [3.63, 3.8) is 0 Å². The molecule has 3 rings (SSSR count). The summed E-state index contributed by atoms with van der Waals surface area (Å²) in [6, 6.07) is 0. The molecule has 0 amide bonds. The van der Waals surface area contributed by atoms with Gasteiger partial charge in [-0.05, 0) is 46.2 Å². The van der Waals surface area contributed by atoms with Crippen LogP contribution >= 0.6 is 0 Å². The van der Waals surface area contributed by atoms with E-state index in [4.69, 9.17) is 9.47 Å². The van der Waals surface area contributed by atoms with Crippen molar-refractivity contribution in [1.29, 1.82) is 0 Å². The maximum absolute atomic E-state index is 13.7. The quantitative estimate of drug-likeness (QED) is 0.427. The molecule has 2 saturated carbocycles. The molecule has 3 fully saturated rings. The van der Waals surface area contributed by atoms with Gasteiger partial charge in [0.25, 0.3) is 0 Å². The zero-order chi connectivity index (χ0) is 24.5. The molecule has 2 aliphatic carbocycles. The number of esters is 1. The molecule has 0 aromatic carbocycles. The molecular weight excluding hydrogens is 414 g/mol. The lowest BCUT2D eigenvalue weighted by atomic mass is 9.40. The van der Waals surface area contributed by atoms with Crippen LogP contribution in [0.2, 0.25) is 0 Å². The Morgan fingerprint density at radius 2 is 1.84 bits per heavy atom. The number of ketones is 1. The Morgan fingerprint density at radius 3 is 2.38 bits per heavy atom. The number of ether oxygens (including phenoxy) is 2. The van der Waals surface area contributed by atoms with E-state index < -0.39 is 63.6 Å². The summed E-state index contributed by atoms with van der Waals surface area (Å²) in [6.45, 7) is 12.5. The summed E-state index contributed by atoms with van der Waals surface area (Å²) >= 11 is 0. The predicted molar refractivity (Wildman–Crippen MR) is 118 cm³/mol. The second-order valence-electron chi connectivity index (χ2n) is 11.5. The average Bonchev–Trinajstić information content (AvgIpc) is 2.66. The van der Waals surface area contributed by atoms with Crippen LogP contribution in [0.15, 0.2) is 12.7 Å². The van der Waals surface area contributed by atoms with Crippen LogP contribution in [-0.2, 0) is 19.1 Å². The van der Waals surface area contributed by atoms with Crippen LogP contribution in [0.5, 0.6) is 0 Å². The molecule has 8 nitrogen and oxygen atoms in total. The number of hydrogen-bond donors (Lipinski definition) is 3. The maximum Gasteiger partial charge on any atom is 0.320 e. The number of nitrogens with zero attached hydrogens (tertiary/aromatic N) is 1. The highest BCUT2D eigenvalue weighted by atomic mass is 16.6. The molecule has 182 valence electrons. The monoisotopic (exact) mass is 453 g/mol. The van der Waals surface area contributed by atoms with Crippen molar-refractivity contribution in [3.8, 4) is 0 Å². The van der Waals surface area contributed by atoms with E-state index in [1.165, 1.54) is 13.0 Å². The van der Waals surface area contributed by atoms with Gasteiger partial charge in [-0.2, -0.15) is 0 Å². The Balaban J connectivity index is 2.24. The number of Topliss-reactive ketones (excluding diaryl/α,β-unsaturated/α-hetero) is 1. The lowest BCUT2D eigenvalue weighted by molar-refractivity contribution is -0.370. The van der Waals surface area contributed by atoms with Crippen molar-refractivity contribution in [2.24, 2.45) is 16.7 Å². The van der Waals surface area contributed by atoms with Gasteiger partial charge in [-0.15, -0.1) is 6.58 Å². The smallest absolute Gasteiger partial charge is 0.320 e. The van der Waals surface area contributed by atoms with Gasteiger partial charge in [0.15, 0.2) is 11.4 Å². The summed E-state index contributed by atoms with van der Waals surface area (Å²) in [6.07, 6.45) is -1.39. The summed E-state index contributed by atoms with van der Waals surface area (Å²) in [4.78, 5) is 28.0. The van der Waals surface area contributed by atoms with Crippen molar-refractivity contribution >= 4 is 11.8 Å². The number of hydrogen-bond acceptors (Lipinski definition) is 8. The first-order valence-corrected chi connectivity index (χ1v) is 11.3. The summed E-state index contributed by atoms with van der Waals surface area (Å²) < 4.78 is 12.1. The Morgan fingerprint density at radius 1 is 1.25 bits per heavy atom. The van der Waals surface area contributed by atoms with Gasteiger partial charge in [0.1, 0.15) is 17.8 Å². The number of carbonyl (C=O) groups excluding carboxylic acids is 2. The van der Waals surface area contributed by atoms with Gasteiger partial charge in [0.05, 0.1) is 18.2 Å². The minimum atomic E-state index is -2.20. The second-order valence-corrected chi connectivity index (χ2v) is 11.5. The molecule has 3 N–H and O–H groups in total. The van der Waals surface area contributed by atoms with Gasteiger partial charge >= 0.3 is 5.97 Å². The van der Waals surface area contributed by atoms with Crippen molar-refractivity contribution < 1.29 is 34.4 Å². The second kappa shape index (κ2) is 7.60. The van der Waals surface area contributed by atoms with Gasteiger partial charge in [-0.3, -0.25) is 14.5 Å². The number of rotatable bonds is 4. The van der Waals surface area contributed by atoms with Crippen LogP contribution in [-0.4, -0.2) is 87.7 Å². The molecule has 0 bridgehead atoms. The summed E-state index contributed by atoms with van der Waals surface area (Å²) in [7, 11) is 3.46. The molecule has 8 atom stereocenters. The molecule has 0 unspecified atom stereocenters. The fourth-order valence-corrected chi connectivity index (χ4v) is 6.85. The van der Waals surface area contributed by atoms with Crippen LogP contribution in [0.25, 0.3) is 0 Å². The first-order valence-electron chi connectivity index (χ1n) is 11.3. The number of carbonyl (C=O) groups is 2. The van der Waals surface area contributed by atoms with Crippen LogP contribution in [0, 0.1) is 16.7 Å². The molecular formula is C24H39NO7. The van der Waals surface area contributed by atoms with Gasteiger partial charge < -0.3 is 24.8 Å². The van der Waals surface area contributed by atoms with Gasteiger partial charge in [-0.25, -0.2) is 0 Å². The third kappa shape index (κ3) is 3.21. The SMILES string of the molecule is C=C[C@@]1(C)CC(=O)[C@]2(O)[C@@]3(C)[C@@H](O)CCC(C)(C)[C@@H]3[C@H](OC(=O)CN(C)C)[C@H](O)[C@@]2(C)O1. The summed E-state index contributed by atoms with van der Waals surface area (Å²) in [5, 5.41) is 35.1. The topological polar surface area (TPSA) is 117 Å². The Hall–Kier alpha value is -1.32. The summed E-state index contributed by atoms with van der Waals surface area (Å²) in [5.41, 5.74) is -7.14. The zero-order valence-corrected chi connectivity index (χ0v) is 20.3. The standard InChI is InChI=1S/C24H39NO7/c1-9-21(4)12-15(27)24(30)22(5)14(26)10-11-20(2,3)18(22)17(19(29)23(24,6)32-21)31-16(28)13-25(7)8/h9,14,17-19,26,29-30H,1,10-13H2,2-8H3/t14-,17-,18-,19-,21-,22-,23+,24-/m0/s1. The largest absolute Gasteiger partial charge is 0.458 e. The number of fused-ring (bicyclic) bond motifs is 3. The Labute approximate surface area is 190 Å². The van der Waals surface area contributed by atoms with Crippen molar-refractivity contribution in [2.75, 3.05) is 20.6 Å². The average molecular weight is 454 g/mol. The number of aliphatic hydroxyl groups is 3. The fourth-order valence-electron chi connectivity index (χ4n) is 6.85. The highest BCUT2D eigenvalue weighted by molar-refractivity contribution is 5.92. The maximum atomic E-state index is 13.7. The third-order valence-corrected chi connectivity index (χ3v) is 8.45. The molecule has 1 heterocycles. The molecule has 1 aliphatic heterocycles. The number of aliphatic hydroxyl groups excluding tert-OH is 2. The molecule has 8 heteroatoms. The molecule has 0 aromatic heterocycles. The van der Waals surface area contributed by atoms with Gasteiger partial charge in [0.2, 0.25) is 0 Å². The molecule has 0 aromatic rings. The minimum absolute atomic E-state index is 0.000773. The fraction of sp³-hybridized carbons (Fsp3) is 0.833. The number of likely N-dealkylation sites (N-methyl/N-ethyl adjacent to an activating group) is 1. The molecule has 0 spiro atoms. The minimum Gasteiger partial charge on any atom is -0.458 e. The highest BCUT2D eigenvalue weighted by Gasteiger charge is 2.81. The first kappa shape index (κ1) is 25.3. The Kier molecular flexibility index (Phi) is 6.01. The molecule has 0 radical (unpaired) electrons. The van der Waals surface area contributed by atoms with E-state index in [2.05, 4.69) is 6.58 Å². The Bertz CT molecular complexity index is 812. The zero-order valence-electron chi connectivity index (χ0n) is 20.3. The molecule has 32 heavy (non-hydrogen) atoms. The predicted octanol–water partition coefficient (Wildman–Crippen LogP) is 1.06. The van der Waals surface area contributed by atoms with Crippen LogP contribution < -0.4 is 0 Å². The van der Waals surface area contributed by atoms with E-state index >= 15 is 0 Å². The lowest BCUT2D eigenvalue weighted by Gasteiger charge is -2.71. The van der Waals surface area contributed by atoms with Crippen LogP contribution in [0.4, 0.5) is 0 Å². The third-order valence-electron chi connectivity index (χ3n) is 8.45. The van der Waals surface area contributed by atoms with E-state index in [0.717, 1.165) is 0 Å². The van der Waals surface area contributed by atoms with E-state index in [0.29, 0.717) is 12.8 Å². The van der Waals surface area contributed by atoms with Gasteiger partial charge in [-0.1, -0.05) is 26.8 Å². The lowest BCUT2D eigenvalue weighted by Crippen LogP contribution is -2.86.